The predicted octanol–water partition coefficient (Wildman–Crippen LogP) is 2.37. The molecule has 1 aromatic carbocycles. The Morgan fingerprint density at radius 3 is 2.75 bits per heavy atom. The van der Waals surface area contributed by atoms with Crippen LogP contribution in [0.15, 0.2) is 22.6 Å². The Labute approximate surface area is 120 Å². The molecule has 2 aromatic rings. The summed E-state index contributed by atoms with van der Waals surface area (Å²) in [5.74, 6) is -0.782. The van der Waals surface area contributed by atoms with Crippen molar-refractivity contribution in [1.82, 2.24) is 10.2 Å². The molecular weight excluding hydrogens is 309 g/mol. The van der Waals surface area contributed by atoms with Gasteiger partial charge >= 0.3 is 6.01 Å². The van der Waals surface area contributed by atoms with Crippen LogP contribution >= 0.6 is 11.6 Å². The van der Waals surface area contributed by atoms with Crippen LogP contribution in [0.25, 0.3) is 0 Å². The van der Waals surface area contributed by atoms with E-state index in [1.54, 1.807) is 6.92 Å². The largest absolute Gasteiger partial charge is 0.407 e. The van der Waals surface area contributed by atoms with E-state index in [4.69, 9.17) is 16.0 Å². The summed E-state index contributed by atoms with van der Waals surface area (Å²) in [6.45, 7) is 1.79. The number of nitrogens with one attached hydrogen (secondary N) is 1. The number of aryl methyl sites for hydroxylation is 1. The summed E-state index contributed by atoms with van der Waals surface area (Å²) in [4.78, 5) is 0. The molecule has 9 heteroatoms. The van der Waals surface area contributed by atoms with Gasteiger partial charge < -0.3 is 4.42 Å². The molecule has 0 saturated carbocycles. The number of hydrogen-bond acceptors (Lipinski definition) is 5. The Balaban J connectivity index is 2.12. The second-order valence-corrected chi connectivity index (χ2v) is 6.09. The fraction of sp³-hybridized carbons (Fsp3) is 0.273. The molecule has 0 aliphatic rings. The zero-order valence-electron chi connectivity index (χ0n) is 10.4. The maximum atomic E-state index is 13.2. The van der Waals surface area contributed by atoms with Gasteiger partial charge in [-0.15, -0.1) is 5.10 Å². The van der Waals surface area contributed by atoms with Crippen molar-refractivity contribution in [1.29, 1.82) is 0 Å². The number of nitrogens with zero attached hydrogens (tertiary/aromatic N) is 2. The molecule has 0 unspecified atom stereocenters. The first-order valence-electron chi connectivity index (χ1n) is 5.66. The molecule has 20 heavy (non-hydrogen) atoms. The topological polar surface area (TPSA) is 85.1 Å². The molecule has 1 N–H and O–H groups in total. The molecule has 0 fully saturated rings. The highest BCUT2D eigenvalue weighted by Gasteiger charge is 2.16. The third kappa shape index (κ3) is 3.67. The maximum absolute atomic E-state index is 13.2. The molecule has 0 aliphatic carbocycles. The first kappa shape index (κ1) is 14.7. The van der Waals surface area contributed by atoms with Gasteiger partial charge in [-0.05, 0) is 17.7 Å². The van der Waals surface area contributed by atoms with Gasteiger partial charge in [0.1, 0.15) is 5.82 Å². The lowest BCUT2D eigenvalue weighted by molar-refractivity contribution is 0.515. The number of rotatable bonds is 5. The molecule has 2 rings (SSSR count). The molecule has 0 bridgehead atoms. The van der Waals surface area contributed by atoms with E-state index in [9.17, 15) is 12.8 Å². The number of anilines is 1. The lowest BCUT2D eigenvalue weighted by Gasteiger charge is -2.04. The second-order valence-electron chi connectivity index (χ2n) is 3.96. The van der Waals surface area contributed by atoms with Crippen LogP contribution in [-0.4, -0.2) is 18.6 Å². The summed E-state index contributed by atoms with van der Waals surface area (Å²) in [5.41, 5.74) is 0.259. The summed E-state index contributed by atoms with van der Waals surface area (Å²) in [6.07, 6.45) is 0.497. The molecule has 0 spiro atoms. The van der Waals surface area contributed by atoms with Gasteiger partial charge in [-0.25, -0.2) is 17.5 Å². The number of halogens is 2. The normalized spacial score (nSPS) is 11.6. The van der Waals surface area contributed by atoms with Crippen molar-refractivity contribution < 1.29 is 17.2 Å². The predicted molar refractivity (Wildman–Crippen MR) is 71.3 cm³/mol. The lowest BCUT2D eigenvalue weighted by atomic mass is 10.2. The molecule has 0 atom stereocenters. The molecule has 0 saturated heterocycles. The van der Waals surface area contributed by atoms with Gasteiger partial charge in [0, 0.05) is 6.42 Å². The molecule has 0 radical (unpaired) electrons. The Kier molecular flexibility index (Phi) is 4.24. The average Bonchev–Trinajstić information content (AvgIpc) is 2.80. The standard InChI is InChI=1S/C11H11ClFN3O3S/c1-2-10-14-15-11(19-10)16-20(17,18)6-7-3-4-8(12)9(13)5-7/h3-5H,2,6H2,1H3,(H,15,16). The van der Waals surface area contributed by atoms with E-state index in [-0.39, 0.29) is 16.6 Å². The van der Waals surface area contributed by atoms with Crippen molar-refractivity contribution in [3.05, 3.63) is 40.5 Å². The molecule has 6 nitrogen and oxygen atoms in total. The van der Waals surface area contributed by atoms with Crippen LogP contribution in [0.1, 0.15) is 18.4 Å². The molecule has 0 aliphatic heterocycles. The Bertz CT molecular complexity index is 717. The smallest absolute Gasteiger partial charge is 0.329 e. The van der Waals surface area contributed by atoms with E-state index in [0.29, 0.717) is 12.3 Å². The fourth-order valence-electron chi connectivity index (χ4n) is 1.46. The van der Waals surface area contributed by atoms with Crippen molar-refractivity contribution in [3.63, 3.8) is 0 Å². The summed E-state index contributed by atoms with van der Waals surface area (Å²) in [6, 6.07) is 3.57. The molecule has 108 valence electrons. The Hall–Kier alpha value is -1.67. The van der Waals surface area contributed by atoms with Crippen LogP contribution in [0, 0.1) is 5.82 Å². The van der Waals surface area contributed by atoms with Crippen LogP contribution < -0.4 is 4.72 Å². The zero-order chi connectivity index (χ0) is 14.8. The second kappa shape index (κ2) is 5.76. The maximum Gasteiger partial charge on any atom is 0.329 e. The van der Waals surface area contributed by atoms with Gasteiger partial charge in [0.2, 0.25) is 15.9 Å². The monoisotopic (exact) mass is 319 g/mol. The Morgan fingerprint density at radius 2 is 2.15 bits per heavy atom. The summed E-state index contributed by atoms with van der Waals surface area (Å²) in [7, 11) is -3.77. The number of benzene rings is 1. The van der Waals surface area contributed by atoms with Gasteiger partial charge in [-0.1, -0.05) is 29.7 Å². The van der Waals surface area contributed by atoms with Crippen LogP contribution in [0.2, 0.25) is 5.02 Å². The van der Waals surface area contributed by atoms with E-state index in [1.807, 2.05) is 0 Å². The van der Waals surface area contributed by atoms with Gasteiger partial charge in [0.15, 0.2) is 0 Å². The van der Waals surface area contributed by atoms with Crippen molar-refractivity contribution in [2.45, 2.75) is 19.1 Å². The third-order valence-corrected chi connectivity index (χ3v) is 3.86. The van der Waals surface area contributed by atoms with Crippen molar-refractivity contribution in [2.75, 3.05) is 4.72 Å². The van der Waals surface area contributed by atoms with Gasteiger partial charge in [0.05, 0.1) is 10.8 Å². The first-order chi connectivity index (χ1) is 9.39. The number of sulfonamides is 1. The highest BCUT2D eigenvalue weighted by molar-refractivity contribution is 7.91. The molecule has 1 aromatic heterocycles. The summed E-state index contributed by atoms with van der Waals surface area (Å²) >= 11 is 5.53. The summed E-state index contributed by atoms with van der Waals surface area (Å²) in [5, 5.41) is 7.11. The quantitative estimate of drug-likeness (QED) is 0.914. The average molecular weight is 320 g/mol. The van der Waals surface area contributed by atoms with Crippen molar-refractivity contribution in [2.24, 2.45) is 0 Å². The van der Waals surface area contributed by atoms with Crippen LogP contribution in [0.5, 0.6) is 0 Å². The van der Waals surface area contributed by atoms with Crippen molar-refractivity contribution in [3.8, 4) is 0 Å². The summed E-state index contributed by atoms with van der Waals surface area (Å²) < 4.78 is 44.2. The van der Waals surface area contributed by atoms with E-state index in [1.165, 1.54) is 12.1 Å². The van der Waals surface area contributed by atoms with Gasteiger partial charge in [-0.2, -0.15) is 0 Å². The molecule has 0 amide bonds. The van der Waals surface area contributed by atoms with Crippen LogP contribution in [0.4, 0.5) is 10.4 Å². The number of hydrogen-bond donors (Lipinski definition) is 1. The fourth-order valence-corrected chi connectivity index (χ4v) is 2.61. The minimum Gasteiger partial charge on any atom is -0.407 e. The van der Waals surface area contributed by atoms with Crippen molar-refractivity contribution >= 4 is 27.6 Å². The van der Waals surface area contributed by atoms with E-state index in [2.05, 4.69) is 14.9 Å². The minimum absolute atomic E-state index is 0.0661. The first-order valence-corrected chi connectivity index (χ1v) is 7.69. The number of aromatic nitrogens is 2. The van der Waals surface area contributed by atoms with Gasteiger partial charge in [0.25, 0.3) is 0 Å². The van der Waals surface area contributed by atoms with E-state index < -0.39 is 21.6 Å². The minimum atomic E-state index is -3.77. The molecule has 1 heterocycles. The highest BCUT2D eigenvalue weighted by Crippen LogP contribution is 2.18. The highest BCUT2D eigenvalue weighted by atomic mass is 35.5. The van der Waals surface area contributed by atoms with Gasteiger partial charge in [-0.3, -0.25) is 0 Å². The Morgan fingerprint density at radius 1 is 1.40 bits per heavy atom. The van der Waals surface area contributed by atoms with E-state index >= 15 is 0 Å². The lowest BCUT2D eigenvalue weighted by Crippen LogP contribution is -2.15. The van der Waals surface area contributed by atoms with E-state index in [0.717, 1.165) is 6.07 Å². The zero-order valence-corrected chi connectivity index (χ0v) is 12.0. The third-order valence-electron chi connectivity index (χ3n) is 2.35. The van der Waals surface area contributed by atoms with Crippen LogP contribution in [-0.2, 0) is 22.2 Å². The molecular formula is C11H11ClFN3O3S. The van der Waals surface area contributed by atoms with Crippen LogP contribution in [0.3, 0.4) is 0 Å². The SMILES string of the molecule is CCc1nnc(NS(=O)(=O)Cc2ccc(Cl)c(F)c2)o1.